The van der Waals surface area contributed by atoms with Crippen molar-refractivity contribution in [2.75, 3.05) is 6.61 Å². The Morgan fingerprint density at radius 3 is 3.12 bits per heavy atom. The average Bonchev–Trinajstić information content (AvgIpc) is 2.87. The summed E-state index contributed by atoms with van der Waals surface area (Å²) < 4.78 is 7.28. The van der Waals surface area contributed by atoms with Crippen molar-refractivity contribution in [3.8, 4) is 0 Å². The number of ketones is 1. The number of ether oxygens (including phenoxy) is 1. The van der Waals surface area contributed by atoms with Crippen LogP contribution in [0.1, 0.15) is 31.2 Å². The van der Waals surface area contributed by atoms with Crippen LogP contribution in [-0.4, -0.2) is 28.3 Å². The highest BCUT2D eigenvalue weighted by Crippen LogP contribution is 2.15. The first-order valence-electron chi connectivity index (χ1n) is 5.88. The molecule has 88 valence electrons. The van der Waals surface area contributed by atoms with Crippen molar-refractivity contribution in [3.63, 3.8) is 0 Å². The maximum atomic E-state index is 11.9. The summed E-state index contributed by atoms with van der Waals surface area (Å²) in [5, 5.41) is 4.33. The van der Waals surface area contributed by atoms with Crippen molar-refractivity contribution >= 4 is 5.78 Å². The molecule has 1 aromatic rings. The fraction of sp³-hybridized carbons (Fsp3) is 0.667. The molecule has 0 bridgehead atoms. The normalized spacial score (nSPS) is 20.2. The summed E-state index contributed by atoms with van der Waals surface area (Å²) in [7, 11) is 0. The first kappa shape index (κ1) is 11.3. The number of rotatable bonds is 4. The van der Waals surface area contributed by atoms with Gasteiger partial charge in [-0.1, -0.05) is 0 Å². The number of carbonyl (C=O) groups is 1. The maximum absolute atomic E-state index is 11.9. The summed E-state index contributed by atoms with van der Waals surface area (Å²) in [5.74, 6) is 0.187. The van der Waals surface area contributed by atoms with Crippen molar-refractivity contribution < 1.29 is 9.53 Å². The van der Waals surface area contributed by atoms with E-state index in [-0.39, 0.29) is 11.9 Å². The maximum Gasteiger partial charge on any atom is 0.167 e. The fourth-order valence-electron chi connectivity index (χ4n) is 2.14. The van der Waals surface area contributed by atoms with Gasteiger partial charge in [0.2, 0.25) is 0 Å². The number of carbonyl (C=O) groups excluding carboxylic acids is 1. The fourth-order valence-corrected chi connectivity index (χ4v) is 2.14. The third-order valence-corrected chi connectivity index (χ3v) is 2.93. The Bertz CT molecular complexity index is 378. The van der Waals surface area contributed by atoms with E-state index < -0.39 is 0 Å². The van der Waals surface area contributed by atoms with Crippen LogP contribution in [0.3, 0.4) is 0 Å². The molecule has 1 atom stereocenters. The Balaban J connectivity index is 2.04. The zero-order valence-corrected chi connectivity index (χ0v) is 9.90. The van der Waals surface area contributed by atoms with Gasteiger partial charge in [0.25, 0.3) is 0 Å². The van der Waals surface area contributed by atoms with Crippen LogP contribution in [0.25, 0.3) is 0 Å². The van der Waals surface area contributed by atoms with Crippen molar-refractivity contribution in [1.29, 1.82) is 0 Å². The van der Waals surface area contributed by atoms with Crippen molar-refractivity contribution in [2.45, 2.75) is 45.8 Å². The molecule has 2 rings (SSSR count). The lowest BCUT2D eigenvalue weighted by molar-refractivity contribution is -0.127. The highest BCUT2D eigenvalue weighted by Gasteiger charge is 2.24. The molecular formula is C12H18N2O2. The number of hydrogen-bond acceptors (Lipinski definition) is 3. The minimum absolute atomic E-state index is 0.180. The van der Waals surface area contributed by atoms with E-state index in [0.717, 1.165) is 37.4 Å². The Morgan fingerprint density at radius 2 is 2.50 bits per heavy atom. The number of aromatic nitrogens is 2. The Hall–Kier alpha value is -1.16. The van der Waals surface area contributed by atoms with E-state index in [2.05, 4.69) is 5.10 Å². The van der Waals surface area contributed by atoms with Crippen LogP contribution in [0.15, 0.2) is 6.07 Å². The molecule has 1 unspecified atom stereocenters. The first-order chi connectivity index (χ1) is 7.70. The van der Waals surface area contributed by atoms with Crippen molar-refractivity contribution in [1.82, 2.24) is 9.78 Å². The quantitative estimate of drug-likeness (QED) is 0.775. The minimum atomic E-state index is -0.180. The zero-order chi connectivity index (χ0) is 11.5. The van der Waals surface area contributed by atoms with Gasteiger partial charge in [-0.2, -0.15) is 5.10 Å². The van der Waals surface area contributed by atoms with Gasteiger partial charge >= 0.3 is 0 Å². The van der Waals surface area contributed by atoms with Crippen LogP contribution in [0.2, 0.25) is 0 Å². The van der Waals surface area contributed by atoms with Gasteiger partial charge in [-0.15, -0.1) is 0 Å². The predicted octanol–water partition coefficient (Wildman–Crippen LogP) is 1.50. The molecule has 1 aromatic heterocycles. The molecule has 2 heterocycles. The van der Waals surface area contributed by atoms with Gasteiger partial charge in [-0.05, 0) is 32.8 Å². The lowest BCUT2D eigenvalue weighted by Crippen LogP contribution is -2.22. The Labute approximate surface area is 95.6 Å². The molecule has 1 saturated heterocycles. The molecule has 0 aliphatic carbocycles. The summed E-state index contributed by atoms with van der Waals surface area (Å²) >= 11 is 0. The van der Waals surface area contributed by atoms with Gasteiger partial charge in [0.1, 0.15) is 6.10 Å². The first-order valence-corrected chi connectivity index (χ1v) is 5.88. The molecule has 1 aliphatic rings. The number of Topliss-reactive ketones (excluding diaryl/α,β-unsaturated/α-hetero) is 1. The highest BCUT2D eigenvalue weighted by atomic mass is 16.5. The molecule has 0 saturated carbocycles. The molecule has 1 aliphatic heterocycles. The second-order valence-electron chi connectivity index (χ2n) is 4.24. The van der Waals surface area contributed by atoms with Crippen LogP contribution in [0, 0.1) is 6.92 Å². The van der Waals surface area contributed by atoms with Crippen LogP contribution < -0.4 is 0 Å². The summed E-state index contributed by atoms with van der Waals surface area (Å²) in [6.45, 7) is 5.52. The smallest absolute Gasteiger partial charge is 0.167 e. The summed E-state index contributed by atoms with van der Waals surface area (Å²) in [6.07, 6.45) is 2.14. The van der Waals surface area contributed by atoms with Gasteiger partial charge in [0.05, 0.1) is 12.1 Å². The third kappa shape index (κ3) is 2.32. The molecule has 1 fully saturated rings. The highest BCUT2D eigenvalue weighted by molar-refractivity contribution is 5.85. The molecular weight excluding hydrogens is 204 g/mol. The van der Waals surface area contributed by atoms with Gasteiger partial charge in [-0.3, -0.25) is 9.48 Å². The minimum Gasteiger partial charge on any atom is -0.370 e. The van der Waals surface area contributed by atoms with E-state index in [1.54, 1.807) is 0 Å². The van der Waals surface area contributed by atoms with Gasteiger partial charge in [-0.25, -0.2) is 0 Å². The largest absolute Gasteiger partial charge is 0.370 e. The molecule has 0 amide bonds. The van der Waals surface area contributed by atoms with E-state index in [4.69, 9.17) is 4.74 Å². The van der Waals surface area contributed by atoms with Crippen LogP contribution in [0.4, 0.5) is 0 Å². The zero-order valence-electron chi connectivity index (χ0n) is 9.90. The van der Waals surface area contributed by atoms with Gasteiger partial charge in [0.15, 0.2) is 5.78 Å². The number of hydrogen-bond donors (Lipinski definition) is 0. The lowest BCUT2D eigenvalue weighted by Gasteiger charge is -2.08. The lowest BCUT2D eigenvalue weighted by atomic mass is 10.1. The standard InChI is InChI=1S/C12H18N2O2/c1-3-14-10(7-9(2)13-14)8-11(15)12-5-4-6-16-12/h7,12H,3-6,8H2,1-2H3. The monoisotopic (exact) mass is 222 g/mol. The summed E-state index contributed by atoms with van der Waals surface area (Å²) in [4.78, 5) is 11.9. The van der Waals surface area contributed by atoms with E-state index in [1.165, 1.54) is 0 Å². The summed E-state index contributed by atoms with van der Waals surface area (Å²) in [6, 6.07) is 1.98. The molecule has 0 radical (unpaired) electrons. The summed E-state index contributed by atoms with van der Waals surface area (Å²) in [5.41, 5.74) is 1.97. The molecule has 0 spiro atoms. The number of nitrogens with zero attached hydrogens (tertiary/aromatic N) is 2. The van der Waals surface area contributed by atoms with Crippen LogP contribution >= 0.6 is 0 Å². The molecule has 4 nitrogen and oxygen atoms in total. The van der Waals surface area contributed by atoms with E-state index >= 15 is 0 Å². The van der Waals surface area contributed by atoms with Crippen LogP contribution in [-0.2, 0) is 22.5 Å². The second kappa shape index (κ2) is 4.78. The molecule has 16 heavy (non-hydrogen) atoms. The van der Waals surface area contributed by atoms with E-state index in [1.807, 2.05) is 24.6 Å². The molecule has 0 N–H and O–H groups in total. The molecule has 0 aromatic carbocycles. The van der Waals surface area contributed by atoms with Crippen LogP contribution in [0.5, 0.6) is 0 Å². The second-order valence-corrected chi connectivity index (χ2v) is 4.24. The van der Waals surface area contributed by atoms with Crippen molar-refractivity contribution in [3.05, 3.63) is 17.5 Å². The van der Waals surface area contributed by atoms with Crippen molar-refractivity contribution in [2.24, 2.45) is 0 Å². The Morgan fingerprint density at radius 1 is 1.69 bits per heavy atom. The topological polar surface area (TPSA) is 44.1 Å². The average molecular weight is 222 g/mol. The third-order valence-electron chi connectivity index (χ3n) is 2.93. The number of aryl methyl sites for hydroxylation is 2. The SMILES string of the molecule is CCn1nc(C)cc1CC(=O)C1CCCO1. The predicted molar refractivity (Wildman–Crippen MR) is 60.3 cm³/mol. The van der Waals surface area contributed by atoms with Gasteiger partial charge in [0, 0.05) is 18.8 Å². The Kier molecular flexibility index (Phi) is 3.39. The van der Waals surface area contributed by atoms with E-state index in [9.17, 15) is 4.79 Å². The van der Waals surface area contributed by atoms with Gasteiger partial charge < -0.3 is 4.74 Å². The van der Waals surface area contributed by atoms with E-state index in [0.29, 0.717) is 6.42 Å². The molecule has 4 heteroatoms.